The molecule has 0 aromatic carbocycles. The summed E-state index contributed by atoms with van der Waals surface area (Å²) in [5.74, 6) is 0.327. The molecule has 0 saturated heterocycles. The number of hydrogen-bond donors (Lipinski definition) is 0. The lowest BCUT2D eigenvalue weighted by Gasteiger charge is -2.14. The molecule has 0 radical (unpaired) electrons. The average molecular weight is 457 g/mol. The molecule has 1 nitrogen and oxygen atoms in total. The van der Waals surface area contributed by atoms with Crippen molar-refractivity contribution in [2.24, 2.45) is 0 Å². The van der Waals surface area contributed by atoms with Crippen molar-refractivity contribution in [1.29, 1.82) is 0 Å². The fraction of sp³-hybridized carbons (Fsp3) is 0.909. The van der Waals surface area contributed by atoms with Gasteiger partial charge < -0.3 is 0 Å². The lowest BCUT2D eigenvalue weighted by Crippen LogP contribution is -2.25. The average Bonchev–Trinajstić information content (AvgIpc) is 2.26. The molecule has 0 N–H and O–H groups in total. The largest absolute Gasteiger partial charge is 0.297 e. The molecule has 0 heterocycles. The molecular formula is C11H19ClI2O. The first-order valence-electron chi connectivity index (χ1n) is 5.50. The molecule has 4 heteroatoms. The molecule has 0 aliphatic rings. The third-order valence-electron chi connectivity index (χ3n) is 2.34. The van der Waals surface area contributed by atoms with Crippen LogP contribution in [0.3, 0.4) is 0 Å². The van der Waals surface area contributed by atoms with Crippen molar-refractivity contribution in [3.8, 4) is 0 Å². The van der Waals surface area contributed by atoms with Gasteiger partial charge in [-0.3, -0.25) is 4.79 Å². The standard InChI is InChI=1S/C11H19ClI2O/c1-2-3-4-5-6-7-9(13)11(14)10(15)8-12/h9,11H,2-8H2,1H3. The minimum atomic E-state index is 0.0897. The molecule has 0 saturated carbocycles. The van der Waals surface area contributed by atoms with Crippen molar-refractivity contribution in [3.63, 3.8) is 0 Å². The van der Waals surface area contributed by atoms with E-state index in [1.807, 2.05) is 0 Å². The highest BCUT2D eigenvalue weighted by atomic mass is 127. The molecule has 0 spiro atoms. The van der Waals surface area contributed by atoms with Gasteiger partial charge in [0.05, 0.1) is 9.80 Å². The molecule has 2 unspecified atom stereocenters. The van der Waals surface area contributed by atoms with Gasteiger partial charge in [0.1, 0.15) is 0 Å². The van der Waals surface area contributed by atoms with Gasteiger partial charge in [0.15, 0.2) is 5.78 Å². The summed E-state index contributed by atoms with van der Waals surface area (Å²) in [6.07, 6.45) is 7.62. The quantitative estimate of drug-likeness (QED) is 0.278. The number of hydrogen-bond acceptors (Lipinski definition) is 1. The molecule has 0 aromatic heterocycles. The molecule has 0 rings (SSSR count). The van der Waals surface area contributed by atoms with E-state index in [0.717, 1.165) is 6.42 Å². The fourth-order valence-electron chi connectivity index (χ4n) is 1.36. The molecule has 90 valence electrons. The van der Waals surface area contributed by atoms with Crippen LogP contribution in [0.1, 0.15) is 45.4 Å². The van der Waals surface area contributed by atoms with E-state index < -0.39 is 0 Å². The third kappa shape index (κ3) is 8.18. The van der Waals surface area contributed by atoms with Crippen LogP contribution >= 0.6 is 56.8 Å². The molecule has 0 aliphatic carbocycles. The van der Waals surface area contributed by atoms with Crippen LogP contribution in [0.5, 0.6) is 0 Å². The van der Waals surface area contributed by atoms with Crippen LogP contribution in [-0.4, -0.2) is 19.5 Å². The zero-order valence-electron chi connectivity index (χ0n) is 9.15. The van der Waals surface area contributed by atoms with Gasteiger partial charge in [-0.05, 0) is 6.42 Å². The summed E-state index contributed by atoms with van der Waals surface area (Å²) in [7, 11) is 0. The van der Waals surface area contributed by atoms with E-state index in [1.54, 1.807) is 0 Å². The van der Waals surface area contributed by atoms with E-state index in [4.69, 9.17) is 11.6 Å². The first kappa shape index (κ1) is 16.4. The highest BCUT2D eigenvalue weighted by molar-refractivity contribution is 14.1. The van der Waals surface area contributed by atoms with Gasteiger partial charge in [-0.15, -0.1) is 11.6 Å². The second-order valence-corrected chi connectivity index (χ2v) is 6.93. The Hall–Kier alpha value is 1.42. The minimum absolute atomic E-state index is 0.0897. The number of ketones is 1. The zero-order chi connectivity index (χ0) is 11.7. The van der Waals surface area contributed by atoms with Gasteiger partial charge in [0, 0.05) is 3.92 Å². The Labute approximate surface area is 125 Å². The van der Waals surface area contributed by atoms with Gasteiger partial charge in [-0.2, -0.15) is 0 Å². The molecule has 0 aliphatic heterocycles. The van der Waals surface area contributed by atoms with Crippen LogP contribution in [-0.2, 0) is 4.79 Å². The predicted molar refractivity (Wildman–Crippen MR) is 84.7 cm³/mol. The monoisotopic (exact) mass is 456 g/mol. The second-order valence-electron chi connectivity index (χ2n) is 3.72. The molecular weight excluding hydrogens is 437 g/mol. The van der Waals surface area contributed by atoms with Gasteiger partial charge in [-0.25, -0.2) is 0 Å². The van der Waals surface area contributed by atoms with Gasteiger partial charge in [0.2, 0.25) is 0 Å². The van der Waals surface area contributed by atoms with Crippen molar-refractivity contribution in [2.75, 3.05) is 5.88 Å². The normalized spacial score (nSPS) is 14.9. The summed E-state index contributed by atoms with van der Waals surface area (Å²) in [4.78, 5) is 11.3. The summed E-state index contributed by atoms with van der Waals surface area (Å²) in [5, 5.41) is 0. The van der Waals surface area contributed by atoms with Crippen LogP contribution < -0.4 is 0 Å². The van der Waals surface area contributed by atoms with Crippen molar-refractivity contribution in [3.05, 3.63) is 0 Å². The molecule has 0 bridgehead atoms. The minimum Gasteiger partial charge on any atom is -0.297 e. The number of alkyl halides is 3. The smallest absolute Gasteiger partial charge is 0.161 e. The Morgan fingerprint density at radius 2 is 1.80 bits per heavy atom. The van der Waals surface area contributed by atoms with Crippen molar-refractivity contribution < 1.29 is 4.79 Å². The molecule has 0 aromatic rings. The maximum atomic E-state index is 11.3. The summed E-state index contributed by atoms with van der Waals surface area (Å²) < 4.78 is 0.531. The summed E-state index contributed by atoms with van der Waals surface area (Å²) in [6.45, 7) is 2.22. The molecule has 15 heavy (non-hydrogen) atoms. The van der Waals surface area contributed by atoms with Crippen LogP contribution in [0.4, 0.5) is 0 Å². The Morgan fingerprint density at radius 1 is 1.20 bits per heavy atom. The van der Waals surface area contributed by atoms with E-state index in [9.17, 15) is 4.79 Å². The Bertz CT molecular complexity index is 176. The van der Waals surface area contributed by atoms with Crippen molar-refractivity contribution >= 4 is 62.6 Å². The third-order valence-corrected chi connectivity index (χ3v) is 6.88. The van der Waals surface area contributed by atoms with Crippen LogP contribution in [0.25, 0.3) is 0 Å². The van der Waals surface area contributed by atoms with Crippen LogP contribution in [0.2, 0.25) is 0 Å². The van der Waals surface area contributed by atoms with Crippen molar-refractivity contribution in [1.82, 2.24) is 0 Å². The Kier molecular flexibility index (Phi) is 11.6. The van der Waals surface area contributed by atoms with Gasteiger partial charge in [-0.1, -0.05) is 84.2 Å². The number of halogens is 3. The number of rotatable bonds is 9. The lowest BCUT2D eigenvalue weighted by atomic mass is 10.1. The van der Waals surface area contributed by atoms with Crippen LogP contribution in [0.15, 0.2) is 0 Å². The maximum absolute atomic E-state index is 11.3. The fourth-order valence-corrected chi connectivity index (χ4v) is 3.21. The number of unbranched alkanes of at least 4 members (excludes halogenated alkanes) is 4. The molecule has 2 atom stereocenters. The first-order chi connectivity index (χ1) is 7.13. The maximum Gasteiger partial charge on any atom is 0.161 e. The topological polar surface area (TPSA) is 17.1 Å². The highest BCUT2D eigenvalue weighted by Gasteiger charge is 2.21. The predicted octanol–water partition coefficient (Wildman–Crippen LogP) is 4.76. The first-order valence-corrected chi connectivity index (χ1v) is 8.52. The summed E-state index contributed by atoms with van der Waals surface area (Å²) in [6, 6.07) is 0. The Morgan fingerprint density at radius 3 is 2.33 bits per heavy atom. The van der Waals surface area contributed by atoms with E-state index in [2.05, 4.69) is 52.1 Å². The second kappa shape index (κ2) is 10.6. The molecule has 0 amide bonds. The summed E-state index contributed by atoms with van der Waals surface area (Å²) in [5.41, 5.74) is 0. The van der Waals surface area contributed by atoms with E-state index >= 15 is 0 Å². The SMILES string of the molecule is CCCCCCCC(I)C(I)C(=O)CCl. The number of carbonyl (C=O) groups excluding carboxylic acids is 1. The van der Waals surface area contributed by atoms with E-state index in [0.29, 0.717) is 3.92 Å². The highest BCUT2D eigenvalue weighted by Crippen LogP contribution is 2.23. The van der Waals surface area contributed by atoms with Crippen molar-refractivity contribution in [2.45, 2.75) is 53.3 Å². The Balaban J connectivity index is 3.55. The van der Waals surface area contributed by atoms with Crippen LogP contribution in [0, 0.1) is 0 Å². The zero-order valence-corrected chi connectivity index (χ0v) is 14.2. The van der Waals surface area contributed by atoms with E-state index in [1.165, 1.54) is 32.1 Å². The van der Waals surface area contributed by atoms with Gasteiger partial charge in [0.25, 0.3) is 0 Å². The van der Waals surface area contributed by atoms with E-state index in [-0.39, 0.29) is 15.6 Å². The molecule has 0 fully saturated rings. The summed E-state index contributed by atoms with van der Waals surface area (Å²) >= 11 is 10.1. The number of carbonyl (C=O) groups is 1. The van der Waals surface area contributed by atoms with Gasteiger partial charge >= 0.3 is 0 Å². The number of Topliss-reactive ketones (excluding diaryl/α,β-unsaturated/α-hetero) is 1. The lowest BCUT2D eigenvalue weighted by molar-refractivity contribution is -0.115.